The van der Waals surface area contributed by atoms with E-state index in [1.54, 1.807) is 0 Å². The van der Waals surface area contributed by atoms with E-state index in [9.17, 15) is 19.5 Å². The van der Waals surface area contributed by atoms with Crippen LogP contribution in [0.2, 0.25) is 0 Å². The first kappa shape index (κ1) is 20.7. The van der Waals surface area contributed by atoms with Crippen LogP contribution < -0.4 is 11.5 Å². The Kier molecular flexibility index (Phi) is 6.15. The second kappa shape index (κ2) is 6.84. The third-order valence-corrected chi connectivity index (χ3v) is 2.36. The summed E-state index contributed by atoms with van der Waals surface area (Å²) in [6.07, 6.45) is 0. The van der Waals surface area contributed by atoms with Crippen molar-refractivity contribution in [3.63, 3.8) is 0 Å². The van der Waals surface area contributed by atoms with Crippen molar-refractivity contribution in [1.29, 1.82) is 0 Å². The summed E-state index contributed by atoms with van der Waals surface area (Å²) in [5, 5.41) is 9.52. The number of guanidine groups is 1. The fourth-order valence-electron chi connectivity index (χ4n) is 1.39. The molecule has 0 aliphatic rings. The van der Waals surface area contributed by atoms with E-state index in [0.29, 0.717) is 0 Å². The van der Waals surface area contributed by atoms with E-state index in [4.69, 9.17) is 20.9 Å². The molecule has 0 amide bonds. The minimum absolute atomic E-state index is 0.470. The van der Waals surface area contributed by atoms with Crippen LogP contribution in [0.25, 0.3) is 0 Å². The number of nitrogens with zero attached hydrogens (tertiary/aromatic N) is 1. The quantitative estimate of drug-likeness (QED) is 0.275. The predicted octanol–water partition coefficient (Wildman–Crippen LogP) is 0.0142. The van der Waals surface area contributed by atoms with Gasteiger partial charge in [0.15, 0.2) is 5.96 Å². The van der Waals surface area contributed by atoms with Crippen LogP contribution in [-0.2, 0) is 23.9 Å². The summed E-state index contributed by atoms with van der Waals surface area (Å²) in [6.45, 7) is 8.38. The molecule has 0 aromatic rings. The van der Waals surface area contributed by atoms with E-state index in [2.05, 4.69) is 4.99 Å². The van der Waals surface area contributed by atoms with Gasteiger partial charge in [-0.25, -0.2) is 0 Å². The van der Waals surface area contributed by atoms with Gasteiger partial charge in [-0.3, -0.25) is 19.4 Å². The molecule has 0 aliphatic carbocycles. The summed E-state index contributed by atoms with van der Waals surface area (Å²) in [4.78, 5) is 40.1. The van der Waals surface area contributed by atoms with Crippen LogP contribution in [0.5, 0.6) is 0 Å². The zero-order valence-electron chi connectivity index (χ0n) is 14.3. The van der Waals surface area contributed by atoms with Gasteiger partial charge in [-0.2, -0.15) is 0 Å². The van der Waals surface area contributed by atoms with Gasteiger partial charge in [-0.05, 0) is 41.5 Å². The molecule has 0 bridgehead atoms. The van der Waals surface area contributed by atoms with E-state index in [-0.39, 0.29) is 0 Å². The average molecular weight is 331 g/mol. The van der Waals surface area contributed by atoms with Crippen LogP contribution in [0, 0.1) is 5.41 Å². The smallest absolute Gasteiger partial charge is 0.337 e. The molecule has 9 heteroatoms. The number of esters is 2. The highest BCUT2D eigenvalue weighted by atomic mass is 16.6. The lowest BCUT2D eigenvalue weighted by atomic mass is 9.87. The summed E-state index contributed by atoms with van der Waals surface area (Å²) in [7, 11) is 0. The molecule has 0 spiro atoms. The topological polar surface area (TPSA) is 154 Å². The third-order valence-electron chi connectivity index (χ3n) is 2.36. The fraction of sp³-hybridized carbons (Fsp3) is 0.714. The van der Waals surface area contributed by atoms with Crippen molar-refractivity contribution in [2.45, 2.75) is 52.7 Å². The maximum Gasteiger partial charge on any atom is 0.337 e. The lowest BCUT2D eigenvalue weighted by Gasteiger charge is -2.31. The van der Waals surface area contributed by atoms with Crippen LogP contribution in [0.4, 0.5) is 0 Å². The van der Waals surface area contributed by atoms with Crippen LogP contribution in [0.15, 0.2) is 4.99 Å². The summed E-state index contributed by atoms with van der Waals surface area (Å²) in [5.74, 6) is -4.82. The molecule has 0 radical (unpaired) electrons. The molecule has 0 aromatic carbocycles. The normalized spacial score (nSPS) is 12.3. The van der Waals surface area contributed by atoms with Crippen molar-refractivity contribution in [3.8, 4) is 0 Å². The first-order chi connectivity index (χ1) is 10.1. The van der Waals surface area contributed by atoms with Crippen molar-refractivity contribution < 1.29 is 29.0 Å². The van der Waals surface area contributed by atoms with Crippen molar-refractivity contribution >= 4 is 23.9 Å². The molecule has 0 rings (SSSR count). The fourth-order valence-corrected chi connectivity index (χ4v) is 1.39. The van der Waals surface area contributed by atoms with Crippen LogP contribution in [0.3, 0.4) is 0 Å². The van der Waals surface area contributed by atoms with Gasteiger partial charge in [0, 0.05) is 0 Å². The van der Waals surface area contributed by atoms with Gasteiger partial charge in [0.05, 0.1) is 6.54 Å². The SMILES string of the molecule is CC(C)(C)OC(=O)C(CN=C(N)N)(C(=O)O)C(=O)OC(C)(C)C. The molecule has 0 unspecified atom stereocenters. The number of hydrogen-bond acceptors (Lipinski definition) is 6. The maximum absolute atomic E-state index is 12.4. The Morgan fingerprint density at radius 3 is 1.48 bits per heavy atom. The number of ether oxygens (including phenoxy) is 2. The molecule has 0 saturated heterocycles. The lowest BCUT2D eigenvalue weighted by Crippen LogP contribution is -2.54. The summed E-state index contributed by atoms with van der Waals surface area (Å²) >= 11 is 0. The molecule has 0 heterocycles. The molecular weight excluding hydrogens is 306 g/mol. The standard InChI is InChI=1S/C14H25N3O6/c1-12(2,3)22-9(20)14(8(18)19,7-17-11(15)16)10(21)23-13(4,5)6/h7H2,1-6H3,(H,18,19)(H4,15,16,17). The van der Waals surface area contributed by atoms with E-state index < -0.39 is 47.0 Å². The van der Waals surface area contributed by atoms with Crippen LogP contribution >= 0.6 is 0 Å². The highest BCUT2D eigenvalue weighted by Gasteiger charge is 2.58. The van der Waals surface area contributed by atoms with Crippen LogP contribution in [-0.4, -0.2) is 46.7 Å². The molecule has 0 aromatic heterocycles. The molecule has 23 heavy (non-hydrogen) atoms. The number of aliphatic carboxylic acids is 1. The zero-order chi connectivity index (χ0) is 18.6. The van der Waals surface area contributed by atoms with Crippen molar-refractivity contribution in [1.82, 2.24) is 0 Å². The Morgan fingerprint density at radius 1 is 0.913 bits per heavy atom. The van der Waals surface area contributed by atoms with E-state index >= 15 is 0 Å². The van der Waals surface area contributed by atoms with Crippen molar-refractivity contribution in [2.75, 3.05) is 6.54 Å². The Balaban J connectivity index is 5.99. The van der Waals surface area contributed by atoms with Crippen molar-refractivity contribution in [3.05, 3.63) is 0 Å². The Labute approximate surface area is 135 Å². The number of rotatable bonds is 5. The van der Waals surface area contributed by atoms with E-state index in [1.807, 2.05) is 0 Å². The highest BCUT2D eigenvalue weighted by Crippen LogP contribution is 2.28. The Morgan fingerprint density at radius 2 is 1.26 bits per heavy atom. The zero-order valence-corrected chi connectivity index (χ0v) is 14.3. The molecule has 132 valence electrons. The highest BCUT2D eigenvalue weighted by molar-refractivity contribution is 6.18. The van der Waals surface area contributed by atoms with Crippen LogP contribution in [0.1, 0.15) is 41.5 Å². The second-order valence-corrected chi connectivity index (χ2v) is 6.96. The minimum Gasteiger partial charge on any atom is -0.480 e. The second-order valence-electron chi connectivity index (χ2n) is 6.96. The number of carboxylic acids is 1. The lowest BCUT2D eigenvalue weighted by molar-refractivity contribution is -0.190. The van der Waals surface area contributed by atoms with Gasteiger partial charge in [-0.1, -0.05) is 0 Å². The molecule has 0 atom stereocenters. The Bertz CT molecular complexity index is 482. The summed E-state index contributed by atoms with van der Waals surface area (Å²) in [5.41, 5.74) is 5.65. The minimum atomic E-state index is -2.69. The monoisotopic (exact) mass is 331 g/mol. The largest absolute Gasteiger partial charge is 0.480 e. The molecule has 9 nitrogen and oxygen atoms in total. The van der Waals surface area contributed by atoms with Crippen molar-refractivity contribution in [2.24, 2.45) is 21.9 Å². The third kappa shape index (κ3) is 6.13. The summed E-state index contributed by atoms with van der Waals surface area (Å²) in [6, 6.07) is 0. The van der Waals surface area contributed by atoms with Gasteiger partial charge < -0.3 is 26.0 Å². The maximum atomic E-state index is 12.4. The van der Waals surface area contributed by atoms with Gasteiger partial charge in [0.1, 0.15) is 11.2 Å². The summed E-state index contributed by atoms with van der Waals surface area (Å²) < 4.78 is 10.1. The predicted molar refractivity (Wildman–Crippen MR) is 82.4 cm³/mol. The number of aliphatic imine (C=N–C) groups is 1. The Hall–Kier alpha value is -2.32. The van der Waals surface area contributed by atoms with E-state index in [1.165, 1.54) is 41.5 Å². The number of carbonyl (C=O) groups excluding carboxylic acids is 2. The number of carboxylic acid groups (broad SMARTS) is 1. The molecule has 0 fully saturated rings. The first-order valence-electron chi connectivity index (χ1n) is 6.87. The molecular formula is C14H25N3O6. The molecule has 0 saturated carbocycles. The van der Waals surface area contributed by atoms with Gasteiger partial charge in [0.25, 0.3) is 5.41 Å². The number of hydrogen-bond donors (Lipinski definition) is 3. The number of nitrogens with two attached hydrogens (primary N) is 2. The molecule has 0 aliphatic heterocycles. The van der Waals surface area contributed by atoms with Gasteiger partial charge in [-0.15, -0.1) is 0 Å². The number of carbonyl (C=O) groups is 3. The van der Waals surface area contributed by atoms with Gasteiger partial charge in [0.2, 0.25) is 0 Å². The average Bonchev–Trinajstić information content (AvgIpc) is 2.23. The van der Waals surface area contributed by atoms with E-state index in [0.717, 1.165) is 0 Å². The molecule has 5 N–H and O–H groups in total. The first-order valence-corrected chi connectivity index (χ1v) is 6.87. The van der Waals surface area contributed by atoms with Gasteiger partial charge >= 0.3 is 17.9 Å².